The maximum Gasteiger partial charge on any atom is 0.418 e. The topological polar surface area (TPSA) is 72.0 Å². The molecule has 1 unspecified atom stereocenters. The van der Waals surface area contributed by atoms with E-state index in [0.29, 0.717) is 6.54 Å². The Balaban J connectivity index is 1.74. The molecule has 6 nitrogen and oxygen atoms in total. The van der Waals surface area contributed by atoms with Crippen molar-refractivity contribution in [3.05, 3.63) is 35.0 Å². The van der Waals surface area contributed by atoms with Crippen molar-refractivity contribution in [2.45, 2.75) is 25.1 Å². The molecule has 0 saturated carbocycles. The lowest BCUT2D eigenvalue weighted by Crippen LogP contribution is -2.20. The fourth-order valence-electron chi connectivity index (χ4n) is 2.45. The molecule has 25 heavy (non-hydrogen) atoms. The van der Waals surface area contributed by atoms with Crippen LogP contribution in [0.3, 0.4) is 0 Å². The fourth-order valence-corrected chi connectivity index (χ4v) is 2.62. The SMILES string of the molecule is FC(F)(F)c1cc(Cl)ccc1Nc1cnnc(NCC2CCCO2)n1. The number of hydrogen-bond donors (Lipinski definition) is 2. The van der Waals surface area contributed by atoms with Crippen LogP contribution in [0.4, 0.5) is 30.6 Å². The molecule has 0 amide bonds. The Bertz CT molecular complexity index is 737. The van der Waals surface area contributed by atoms with Crippen LogP contribution in [0.15, 0.2) is 24.4 Å². The van der Waals surface area contributed by atoms with E-state index in [1.54, 1.807) is 0 Å². The van der Waals surface area contributed by atoms with Gasteiger partial charge < -0.3 is 15.4 Å². The van der Waals surface area contributed by atoms with Crippen molar-refractivity contribution in [3.63, 3.8) is 0 Å². The Hall–Kier alpha value is -2.13. The molecule has 10 heteroatoms. The van der Waals surface area contributed by atoms with E-state index in [-0.39, 0.29) is 28.6 Å². The molecule has 3 rings (SSSR count). The predicted molar refractivity (Wildman–Crippen MR) is 87.0 cm³/mol. The molecule has 0 spiro atoms. The molecule has 1 fully saturated rings. The monoisotopic (exact) mass is 373 g/mol. The van der Waals surface area contributed by atoms with Crippen molar-refractivity contribution in [1.29, 1.82) is 0 Å². The van der Waals surface area contributed by atoms with Crippen LogP contribution in [-0.4, -0.2) is 34.4 Å². The minimum atomic E-state index is -4.55. The van der Waals surface area contributed by atoms with E-state index in [2.05, 4.69) is 25.8 Å². The van der Waals surface area contributed by atoms with E-state index in [4.69, 9.17) is 16.3 Å². The number of hydrogen-bond acceptors (Lipinski definition) is 6. The highest BCUT2D eigenvalue weighted by Crippen LogP contribution is 2.37. The number of anilines is 3. The van der Waals surface area contributed by atoms with Gasteiger partial charge >= 0.3 is 6.18 Å². The Kier molecular flexibility index (Phi) is 5.24. The van der Waals surface area contributed by atoms with Crippen molar-refractivity contribution in [2.75, 3.05) is 23.8 Å². The van der Waals surface area contributed by atoms with Gasteiger partial charge in [-0.15, -0.1) is 5.10 Å². The first-order chi connectivity index (χ1) is 11.9. The lowest BCUT2D eigenvalue weighted by molar-refractivity contribution is -0.136. The molecule has 2 N–H and O–H groups in total. The molecule has 1 aromatic heterocycles. The first-order valence-corrected chi connectivity index (χ1v) is 7.98. The molecule has 0 bridgehead atoms. The van der Waals surface area contributed by atoms with Crippen molar-refractivity contribution < 1.29 is 17.9 Å². The maximum absolute atomic E-state index is 13.1. The Morgan fingerprint density at radius 2 is 2.16 bits per heavy atom. The molecule has 2 aromatic rings. The Labute approximate surface area is 146 Å². The molecular formula is C15H15ClF3N5O. The first-order valence-electron chi connectivity index (χ1n) is 7.61. The van der Waals surface area contributed by atoms with Gasteiger partial charge in [-0.1, -0.05) is 11.6 Å². The summed E-state index contributed by atoms with van der Waals surface area (Å²) >= 11 is 5.67. The Morgan fingerprint density at radius 1 is 1.32 bits per heavy atom. The zero-order valence-electron chi connectivity index (χ0n) is 13.0. The highest BCUT2D eigenvalue weighted by molar-refractivity contribution is 6.30. The third kappa shape index (κ3) is 4.70. The summed E-state index contributed by atoms with van der Waals surface area (Å²) < 4.78 is 44.9. The highest BCUT2D eigenvalue weighted by Gasteiger charge is 2.34. The quantitative estimate of drug-likeness (QED) is 0.828. The lowest BCUT2D eigenvalue weighted by atomic mass is 10.1. The number of rotatable bonds is 5. The van der Waals surface area contributed by atoms with Crippen LogP contribution in [0.1, 0.15) is 18.4 Å². The van der Waals surface area contributed by atoms with Crippen molar-refractivity contribution in [2.24, 2.45) is 0 Å². The third-order valence-corrected chi connectivity index (χ3v) is 3.86. The minimum absolute atomic E-state index is 0.00222. The predicted octanol–water partition coefficient (Wildman–Crippen LogP) is 3.88. The maximum atomic E-state index is 13.1. The number of alkyl halides is 3. The molecule has 1 atom stereocenters. The van der Waals surface area contributed by atoms with Gasteiger partial charge in [0, 0.05) is 18.2 Å². The zero-order valence-corrected chi connectivity index (χ0v) is 13.7. The van der Waals surface area contributed by atoms with Crippen LogP contribution in [-0.2, 0) is 10.9 Å². The van der Waals surface area contributed by atoms with Gasteiger partial charge in [0.2, 0.25) is 5.95 Å². The van der Waals surface area contributed by atoms with Crippen LogP contribution in [0.25, 0.3) is 0 Å². The van der Waals surface area contributed by atoms with Gasteiger partial charge in [-0.2, -0.15) is 23.3 Å². The van der Waals surface area contributed by atoms with E-state index in [1.165, 1.54) is 18.3 Å². The summed E-state index contributed by atoms with van der Waals surface area (Å²) in [5.74, 6) is 0.348. The first kappa shape index (κ1) is 17.7. The van der Waals surface area contributed by atoms with Crippen LogP contribution in [0, 0.1) is 0 Å². The Morgan fingerprint density at radius 3 is 2.88 bits per heavy atom. The average Bonchev–Trinajstić information content (AvgIpc) is 3.08. The van der Waals surface area contributed by atoms with E-state index in [0.717, 1.165) is 25.5 Å². The van der Waals surface area contributed by atoms with Crippen molar-refractivity contribution >= 4 is 29.1 Å². The van der Waals surface area contributed by atoms with E-state index < -0.39 is 11.7 Å². The second kappa shape index (κ2) is 7.40. The van der Waals surface area contributed by atoms with E-state index in [9.17, 15) is 13.2 Å². The van der Waals surface area contributed by atoms with Crippen LogP contribution in [0.2, 0.25) is 5.02 Å². The summed E-state index contributed by atoms with van der Waals surface area (Å²) in [5.41, 5.74) is -1.05. The molecule has 1 aliphatic heterocycles. The van der Waals surface area contributed by atoms with Gasteiger partial charge in [0.05, 0.1) is 23.6 Å². The summed E-state index contributed by atoms with van der Waals surface area (Å²) in [7, 11) is 0. The standard InChI is InChI=1S/C15H15ClF3N5O/c16-9-3-4-12(11(6-9)15(17,18)19)22-13-8-21-24-14(23-13)20-7-10-2-1-5-25-10/h3-4,6,8,10H,1-2,5,7H2,(H2,20,22,23,24). The number of halogens is 4. The van der Waals surface area contributed by atoms with E-state index >= 15 is 0 Å². The smallest absolute Gasteiger partial charge is 0.376 e. The summed E-state index contributed by atoms with van der Waals surface area (Å²) in [5, 5.41) is 13.1. The van der Waals surface area contributed by atoms with Gasteiger partial charge in [-0.25, -0.2) is 0 Å². The average molecular weight is 374 g/mol. The summed E-state index contributed by atoms with van der Waals surface area (Å²) in [4.78, 5) is 4.12. The third-order valence-electron chi connectivity index (χ3n) is 3.62. The normalized spacial score (nSPS) is 17.5. The number of benzene rings is 1. The lowest BCUT2D eigenvalue weighted by Gasteiger charge is -2.15. The van der Waals surface area contributed by atoms with Crippen molar-refractivity contribution in [1.82, 2.24) is 15.2 Å². The summed E-state index contributed by atoms with van der Waals surface area (Å²) in [6.07, 6.45) is -1.28. The molecular weight excluding hydrogens is 359 g/mol. The highest BCUT2D eigenvalue weighted by atomic mass is 35.5. The molecule has 2 heterocycles. The number of nitrogens with one attached hydrogen (secondary N) is 2. The van der Waals surface area contributed by atoms with Gasteiger partial charge in [-0.3, -0.25) is 0 Å². The van der Waals surface area contributed by atoms with Gasteiger partial charge in [0.25, 0.3) is 0 Å². The van der Waals surface area contributed by atoms with Gasteiger partial charge in [0.15, 0.2) is 5.82 Å². The second-order valence-electron chi connectivity index (χ2n) is 5.49. The van der Waals surface area contributed by atoms with Crippen molar-refractivity contribution in [3.8, 4) is 0 Å². The van der Waals surface area contributed by atoms with Gasteiger partial charge in [0.1, 0.15) is 0 Å². The van der Waals surface area contributed by atoms with Gasteiger partial charge in [-0.05, 0) is 31.0 Å². The van der Waals surface area contributed by atoms with Crippen LogP contribution >= 0.6 is 11.6 Å². The summed E-state index contributed by atoms with van der Waals surface area (Å²) in [6.45, 7) is 1.24. The molecule has 1 saturated heterocycles. The van der Waals surface area contributed by atoms with Crippen LogP contribution < -0.4 is 10.6 Å². The number of aromatic nitrogens is 3. The van der Waals surface area contributed by atoms with E-state index in [1.807, 2.05) is 0 Å². The number of ether oxygens (including phenoxy) is 1. The second-order valence-corrected chi connectivity index (χ2v) is 5.93. The molecule has 1 aromatic carbocycles. The molecule has 134 valence electrons. The molecule has 0 radical (unpaired) electrons. The number of nitrogens with zero attached hydrogens (tertiary/aromatic N) is 3. The summed E-state index contributed by atoms with van der Waals surface area (Å²) in [6, 6.07) is 3.46. The largest absolute Gasteiger partial charge is 0.418 e. The zero-order chi connectivity index (χ0) is 17.9. The molecule has 0 aliphatic carbocycles. The minimum Gasteiger partial charge on any atom is -0.376 e. The molecule has 1 aliphatic rings. The van der Waals surface area contributed by atoms with Crippen LogP contribution in [0.5, 0.6) is 0 Å². The fraction of sp³-hybridized carbons (Fsp3) is 0.400.